The third-order valence-corrected chi connectivity index (χ3v) is 3.21. The molecular weight excluding hydrogens is 371 g/mol. The fourth-order valence-electron chi connectivity index (χ4n) is 0.622. The minimum absolute atomic E-state index is 0.431. The van der Waals surface area contributed by atoms with Crippen molar-refractivity contribution in [2.45, 2.75) is 0 Å². The molecule has 0 aliphatic carbocycles. The summed E-state index contributed by atoms with van der Waals surface area (Å²) in [6.07, 6.45) is 0. The van der Waals surface area contributed by atoms with Crippen LogP contribution in [0.15, 0.2) is 0 Å². The maximum atomic E-state index is 12.5. The van der Waals surface area contributed by atoms with Crippen molar-refractivity contribution in [3.8, 4) is 0 Å². The van der Waals surface area contributed by atoms with Crippen LogP contribution in [-0.2, 0) is 0 Å². The number of hydrogen-bond acceptors (Lipinski definition) is 0. The van der Waals surface area contributed by atoms with Gasteiger partial charge in [0.15, 0.2) is 0 Å². The van der Waals surface area contributed by atoms with Crippen molar-refractivity contribution in [1.82, 2.24) is 0 Å². The molecule has 0 saturated heterocycles. The average molecular weight is 371 g/mol. The molecule has 0 bridgehead atoms. The van der Waals surface area contributed by atoms with Gasteiger partial charge in [0, 0.05) is 0 Å². The van der Waals surface area contributed by atoms with Crippen LogP contribution in [0.5, 0.6) is 0 Å². The molecule has 0 aliphatic rings. The summed E-state index contributed by atoms with van der Waals surface area (Å²) in [5.41, 5.74) is 0. The van der Waals surface area contributed by atoms with Crippen LogP contribution < -0.4 is 3.12 Å². The van der Waals surface area contributed by atoms with Gasteiger partial charge in [-0.3, -0.25) is 0 Å². The van der Waals surface area contributed by atoms with Crippen LogP contribution in [0.2, 0.25) is 0 Å². The fraction of sp³-hybridized carbons (Fsp3) is 0. The number of halogens is 5. The molecule has 0 aromatic heterocycles. The molecule has 0 aliphatic heterocycles. The number of benzene rings is 1. The summed E-state index contributed by atoms with van der Waals surface area (Å²) < 4.78 is 61.0. The van der Waals surface area contributed by atoms with Crippen LogP contribution in [0, 0.1) is 29.1 Å². The first-order valence-electron chi connectivity index (χ1n) is 2.73. The van der Waals surface area contributed by atoms with Gasteiger partial charge in [-0.2, -0.15) is 0 Å². The van der Waals surface area contributed by atoms with Crippen molar-refractivity contribution < 1.29 is 22.0 Å². The van der Waals surface area contributed by atoms with Crippen molar-refractivity contribution in [3.05, 3.63) is 29.1 Å². The third-order valence-electron chi connectivity index (χ3n) is 1.24. The standard InChI is InChI=1S/C6F5.Tl/c7-2-1-3(8)5(10)6(11)4(2)9;. The van der Waals surface area contributed by atoms with E-state index in [9.17, 15) is 22.0 Å². The first-order chi connectivity index (χ1) is 5.46. The van der Waals surface area contributed by atoms with E-state index in [0.29, 0.717) is 0 Å². The Kier molecular flexibility index (Phi) is 2.69. The normalized spacial score (nSPS) is 10.3. The summed E-state index contributed by atoms with van der Waals surface area (Å²) in [4.78, 5) is 0. The van der Waals surface area contributed by atoms with Crippen LogP contribution in [-0.4, -0.2) is 25.8 Å². The molecule has 0 unspecified atom stereocenters. The number of rotatable bonds is 0. The van der Waals surface area contributed by atoms with E-state index < -0.39 is 58.0 Å². The second kappa shape index (κ2) is 3.27. The van der Waals surface area contributed by atoms with Gasteiger partial charge in [-0.05, 0) is 0 Å². The average Bonchev–Trinajstić information content (AvgIpc) is 2.08. The van der Waals surface area contributed by atoms with Gasteiger partial charge in [-0.15, -0.1) is 0 Å². The summed E-state index contributed by atoms with van der Waals surface area (Å²) in [7, 11) is 0. The zero-order chi connectivity index (χ0) is 9.46. The van der Waals surface area contributed by atoms with Crippen molar-refractivity contribution in [1.29, 1.82) is 0 Å². The molecule has 6 heteroatoms. The summed E-state index contributed by atoms with van der Waals surface area (Å²) in [6.45, 7) is 0. The predicted octanol–water partition coefficient (Wildman–Crippen LogP) is 1.18. The van der Waals surface area contributed by atoms with E-state index in [0.717, 1.165) is 0 Å². The van der Waals surface area contributed by atoms with Crippen LogP contribution in [0.1, 0.15) is 0 Å². The third kappa shape index (κ3) is 1.34. The molecule has 0 N–H and O–H groups in total. The molecule has 0 amide bonds. The van der Waals surface area contributed by atoms with E-state index >= 15 is 0 Å². The molecule has 1 aromatic rings. The van der Waals surface area contributed by atoms with Gasteiger partial charge in [0.25, 0.3) is 0 Å². The Morgan fingerprint density at radius 3 is 1.17 bits per heavy atom. The molecule has 0 fully saturated rings. The maximum absolute atomic E-state index is 12.5. The quantitative estimate of drug-likeness (QED) is 0.278. The van der Waals surface area contributed by atoms with Crippen molar-refractivity contribution >= 4 is 28.9 Å². The van der Waals surface area contributed by atoms with Crippen LogP contribution in [0.3, 0.4) is 0 Å². The van der Waals surface area contributed by atoms with Gasteiger partial charge in [-0.25, -0.2) is 0 Å². The molecule has 0 nitrogen and oxygen atoms in total. The molecule has 62 valence electrons. The Hall–Kier alpha value is -0.208. The zero-order valence-electron chi connectivity index (χ0n) is 5.47. The van der Waals surface area contributed by atoms with Gasteiger partial charge in [0.05, 0.1) is 0 Å². The van der Waals surface area contributed by atoms with E-state index in [1.54, 1.807) is 0 Å². The Morgan fingerprint density at radius 2 is 0.833 bits per heavy atom. The SMILES string of the molecule is Fc1c(F)c(F)[c]([Tl])c(F)c1F. The predicted molar refractivity (Wildman–Crippen MR) is 31.6 cm³/mol. The van der Waals surface area contributed by atoms with Crippen LogP contribution in [0.25, 0.3) is 0 Å². The van der Waals surface area contributed by atoms with Crippen LogP contribution in [0.4, 0.5) is 22.0 Å². The van der Waals surface area contributed by atoms with Gasteiger partial charge < -0.3 is 0 Å². The van der Waals surface area contributed by atoms with Gasteiger partial charge in [0.1, 0.15) is 0 Å². The van der Waals surface area contributed by atoms with Crippen molar-refractivity contribution in [2.75, 3.05) is 0 Å². The Bertz CT molecular complexity index is 230. The molecule has 0 heterocycles. The molecule has 0 radical (unpaired) electrons. The Labute approximate surface area is 80.1 Å². The summed E-state index contributed by atoms with van der Waals surface area (Å²) in [5.74, 6) is -9.26. The molecular formula is C6F5Tl. The monoisotopic (exact) mass is 372 g/mol. The van der Waals surface area contributed by atoms with Gasteiger partial charge >= 0.3 is 79.9 Å². The first-order valence-corrected chi connectivity index (χ1v) is 4.98. The summed E-state index contributed by atoms with van der Waals surface area (Å²) >= 11 is -0.431. The molecule has 0 spiro atoms. The molecule has 0 saturated carbocycles. The molecule has 1 rings (SSSR count). The second-order valence-corrected chi connectivity index (χ2v) is 4.23. The first kappa shape index (κ1) is 9.88. The topological polar surface area (TPSA) is 0 Å². The summed E-state index contributed by atoms with van der Waals surface area (Å²) in [5, 5.41) is 0. The minimum atomic E-state index is -2.10. The fourth-order valence-corrected chi connectivity index (χ4v) is 1.61. The molecule has 12 heavy (non-hydrogen) atoms. The number of hydrogen-bond donors (Lipinski definition) is 0. The van der Waals surface area contributed by atoms with E-state index in [-0.39, 0.29) is 0 Å². The van der Waals surface area contributed by atoms with Crippen molar-refractivity contribution in [2.24, 2.45) is 0 Å². The summed E-state index contributed by atoms with van der Waals surface area (Å²) in [6, 6.07) is 0. The van der Waals surface area contributed by atoms with E-state index in [1.165, 1.54) is 0 Å². The molecule has 0 atom stereocenters. The van der Waals surface area contributed by atoms with Gasteiger partial charge in [-0.1, -0.05) is 0 Å². The Morgan fingerprint density at radius 1 is 0.583 bits per heavy atom. The van der Waals surface area contributed by atoms with E-state index in [1.807, 2.05) is 0 Å². The van der Waals surface area contributed by atoms with Crippen LogP contribution >= 0.6 is 0 Å². The van der Waals surface area contributed by atoms with Crippen molar-refractivity contribution in [3.63, 3.8) is 0 Å². The van der Waals surface area contributed by atoms with E-state index in [4.69, 9.17) is 0 Å². The second-order valence-electron chi connectivity index (χ2n) is 1.98. The molecule has 1 aromatic carbocycles. The van der Waals surface area contributed by atoms with Gasteiger partial charge in [0.2, 0.25) is 0 Å². The zero-order valence-corrected chi connectivity index (χ0v) is 9.96. The van der Waals surface area contributed by atoms with E-state index in [2.05, 4.69) is 0 Å². The Balaban J connectivity index is 3.60.